The Morgan fingerprint density at radius 1 is 0.941 bits per heavy atom. The number of furan rings is 1. The van der Waals surface area contributed by atoms with E-state index in [9.17, 15) is 14.4 Å². The number of carbonyl (C=O) groups excluding carboxylic acids is 3. The highest BCUT2D eigenvalue weighted by Crippen LogP contribution is 2.35. The molecule has 0 bridgehead atoms. The average Bonchev–Trinajstić information content (AvgIpc) is 3.56. The summed E-state index contributed by atoms with van der Waals surface area (Å²) >= 11 is 1.11. The average molecular weight is 484 g/mol. The number of nitrogens with one attached hydrogen (secondary N) is 2. The van der Waals surface area contributed by atoms with Crippen molar-refractivity contribution in [3.63, 3.8) is 0 Å². The molecule has 0 unspecified atom stereocenters. The lowest BCUT2D eigenvalue weighted by Gasteiger charge is -2.28. The van der Waals surface area contributed by atoms with Crippen LogP contribution in [0.2, 0.25) is 0 Å². The molecule has 1 aliphatic rings. The number of nitrogens with zero attached hydrogens (tertiary/aromatic N) is 1. The number of piperidine rings is 1. The lowest BCUT2D eigenvalue weighted by atomic mass is 10.1. The molecule has 10 heteroatoms. The fourth-order valence-electron chi connectivity index (χ4n) is 3.72. The van der Waals surface area contributed by atoms with Gasteiger partial charge < -0.3 is 29.4 Å². The van der Waals surface area contributed by atoms with Gasteiger partial charge in [0.25, 0.3) is 17.7 Å². The molecule has 0 saturated carbocycles. The zero-order valence-electron chi connectivity index (χ0n) is 18.9. The SMILES string of the molecule is COc1cc(NC(=O)c2ccc(NC(=O)c3ccco3)s2)c(C(=O)N2CCCCC2)cc1OC. The van der Waals surface area contributed by atoms with E-state index in [-0.39, 0.29) is 11.7 Å². The Morgan fingerprint density at radius 2 is 1.68 bits per heavy atom. The zero-order valence-corrected chi connectivity index (χ0v) is 19.7. The highest BCUT2D eigenvalue weighted by Gasteiger charge is 2.25. The third-order valence-corrected chi connectivity index (χ3v) is 6.46. The van der Waals surface area contributed by atoms with Gasteiger partial charge in [0.1, 0.15) is 0 Å². The van der Waals surface area contributed by atoms with Crippen molar-refractivity contribution >= 4 is 39.7 Å². The van der Waals surface area contributed by atoms with Crippen LogP contribution in [0.15, 0.2) is 47.1 Å². The lowest BCUT2D eigenvalue weighted by Crippen LogP contribution is -2.36. The van der Waals surface area contributed by atoms with Crippen LogP contribution in [-0.2, 0) is 0 Å². The van der Waals surface area contributed by atoms with Crippen molar-refractivity contribution in [1.82, 2.24) is 4.90 Å². The molecule has 178 valence electrons. The molecular formula is C24H25N3O6S. The van der Waals surface area contributed by atoms with E-state index in [1.165, 1.54) is 20.5 Å². The van der Waals surface area contributed by atoms with Gasteiger partial charge in [0, 0.05) is 19.2 Å². The van der Waals surface area contributed by atoms with Crippen molar-refractivity contribution in [3.05, 3.63) is 58.9 Å². The van der Waals surface area contributed by atoms with Gasteiger partial charge in [-0.05, 0) is 49.6 Å². The second kappa shape index (κ2) is 10.4. The number of likely N-dealkylation sites (tertiary alicyclic amines) is 1. The van der Waals surface area contributed by atoms with Crippen molar-refractivity contribution in [2.75, 3.05) is 37.9 Å². The normalized spacial score (nSPS) is 13.3. The summed E-state index contributed by atoms with van der Waals surface area (Å²) in [6, 6.07) is 9.58. The molecule has 2 aromatic heterocycles. The number of ether oxygens (including phenoxy) is 2. The third-order valence-electron chi connectivity index (χ3n) is 5.46. The Hall–Kier alpha value is -3.79. The summed E-state index contributed by atoms with van der Waals surface area (Å²) < 4.78 is 15.8. The minimum Gasteiger partial charge on any atom is -0.493 e. The van der Waals surface area contributed by atoms with Crippen LogP contribution in [0.25, 0.3) is 0 Å². The number of amides is 3. The monoisotopic (exact) mass is 483 g/mol. The van der Waals surface area contributed by atoms with Gasteiger partial charge in [-0.15, -0.1) is 11.3 Å². The summed E-state index contributed by atoms with van der Waals surface area (Å²) in [5.74, 6) is -0.0267. The highest BCUT2D eigenvalue weighted by molar-refractivity contribution is 7.18. The van der Waals surface area contributed by atoms with Crippen LogP contribution in [0, 0.1) is 0 Å². The quantitative estimate of drug-likeness (QED) is 0.512. The van der Waals surface area contributed by atoms with Crippen molar-refractivity contribution in [3.8, 4) is 11.5 Å². The predicted octanol–water partition coefficient (Wildman–Crippen LogP) is 4.49. The Bertz CT molecular complexity index is 1180. The molecule has 9 nitrogen and oxygen atoms in total. The standard InChI is InChI=1S/C24H25N3O6S/c1-31-18-13-15(24(30)27-10-4-3-5-11-27)16(14-19(18)32-2)25-23(29)20-8-9-21(34-20)26-22(28)17-7-6-12-33-17/h6-9,12-14H,3-5,10-11H2,1-2H3,(H,25,29)(H,26,28). The fraction of sp³-hybridized carbons (Fsp3) is 0.292. The van der Waals surface area contributed by atoms with E-state index in [0.717, 1.165) is 30.6 Å². The third kappa shape index (κ3) is 5.07. The number of rotatable bonds is 7. The molecule has 0 atom stereocenters. The lowest BCUT2D eigenvalue weighted by molar-refractivity contribution is 0.0724. The molecule has 34 heavy (non-hydrogen) atoms. The first-order valence-electron chi connectivity index (χ1n) is 10.8. The van der Waals surface area contributed by atoms with Gasteiger partial charge >= 0.3 is 0 Å². The molecule has 1 fully saturated rings. The van der Waals surface area contributed by atoms with Crippen LogP contribution in [0.3, 0.4) is 0 Å². The van der Waals surface area contributed by atoms with E-state index in [1.807, 2.05) is 0 Å². The molecule has 0 spiro atoms. The van der Waals surface area contributed by atoms with Crippen molar-refractivity contribution in [2.45, 2.75) is 19.3 Å². The van der Waals surface area contributed by atoms with Gasteiger partial charge in [-0.3, -0.25) is 14.4 Å². The van der Waals surface area contributed by atoms with Gasteiger partial charge in [-0.25, -0.2) is 0 Å². The predicted molar refractivity (Wildman–Crippen MR) is 128 cm³/mol. The number of hydrogen-bond donors (Lipinski definition) is 2. The van der Waals surface area contributed by atoms with Gasteiger partial charge in [0.2, 0.25) is 0 Å². The molecule has 0 radical (unpaired) electrons. The minimum atomic E-state index is -0.414. The van der Waals surface area contributed by atoms with Gasteiger partial charge in [-0.2, -0.15) is 0 Å². The van der Waals surface area contributed by atoms with Crippen LogP contribution < -0.4 is 20.1 Å². The Morgan fingerprint density at radius 3 is 2.35 bits per heavy atom. The fourth-order valence-corrected chi connectivity index (χ4v) is 4.52. The summed E-state index contributed by atoms with van der Waals surface area (Å²) in [7, 11) is 2.98. The number of anilines is 2. The van der Waals surface area contributed by atoms with E-state index >= 15 is 0 Å². The van der Waals surface area contributed by atoms with Gasteiger partial charge in [-0.1, -0.05) is 0 Å². The molecule has 2 N–H and O–H groups in total. The molecule has 1 saturated heterocycles. The first-order valence-corrected chi connectivity index (χ1v) is 11.6. The maximum absolute atomic E-state index is 13.3. The van der Waals surface area contributed by atoms with Crippen LogP contribution in [0.5, 0.6) is 11.5 Å². The Balaban J connectivity index is 1.56. The largest absolute Gasteiger partial charge is 0.493 e. The topological polar surface area (TPSA) is 110 Å². The second-order valence-electron chi connectivity index (χ2n) is 7.66. The van der Waals surface area contributed by atoms with Crippen molar-refractivity contribution in [2.24, 2.45) is 0 Å². The number of carbonyl (C=O) groups is 3. The van der Waals surface area contributed by atoms with Crippen molar-refractivity contribution in [1.29, 1.82) is 0 Å². The van der Waals surface area contributed by atoms with E-state index in [2.05, 4.69) is 10.6 Å². The van der Waals surface area contributed by atoms with Crippen LogP contribution in [0.1, 0.15) is 49.8 Å². The Labute approximate surface area is 200 Å². The summed E-state index contributed by atoms with van der Waals surface area (Å²) in [6.07, 6.45) is 4.40. The summed E-state index contributed by atoms with van der Waals surface area (Å²) in [4.78, 5) is 40.6. The molecule has 1 aliphatic heterocycles. The number of benzene rings is 1. The second-order valence-corrected chi connectivity index (χ2v) is 8.74. The maximum atomic E-state index is 13.3. The molecular weight excluding hydrogens is 458 g/mol. The molecule has 1 aromatic carbocycles. The molecule has 0 aliphatic carbocycles. The van der Waals surface area contributed by atoms with E-state index < -0.39 is 11.8 Å². The first-order chi connectivity index (χ1) is 16.5. The van der Waals surface area contributed by atoms with E-state index in [0.29, 0.717) is 45.7 Å². The van der Waals surface area contributed by atoms with Crippen LogP contribution in [-0.4, -0.2) is 49.9 Å². The van der Waals surface area contributed by atoms with E-state index in [4.69, 9.17) is 13.9 Å². The van der Waals surface area contributed by atoms with Gasteiger partial charge in [0.15, 0.2) is 17.3 Å². The number of thiophene rings is 1. The molecule has 3 heterocycles. The van der Waals surface area contributed by atoms with E-state index in [1.54, 1.807) is 41.3 Å². The Kier molecular flexibility index (Phi) is 7.17. The number of hydrogen-bond acceptors (Lipinski definition) is 7. The summed E-state index contributed by atoms with van der Waals surface area (Å²) in [6.45, 7) is 1.34. The molecule has 4 rings (SSSR count). The zero-order chi connectivity index (χ0) is 24.1. The molecule has 3 aromatic rings. The first kappa shape index (κ1) is 23.4. The summed E-state index contributed by atoms with van der Waals surface area (Å²) in [5, 5.41) is 6.01. The number of methoxy groups -OCH3 is 2. The summed E-state index contributed by atoms with van der Waals surface area (Å²) in [5.41, 5.74) is 0.656. The molecule has 3 amide bonds. The smallest absolute Gasteiger partial charge is 0.291 e. The van der Waals surface area contributed by atoms with Crippen LogP contribution >= 0.6 is 11.3 Å². The highest BCUT2D eigenvalue weighted by atomic mass is 32.1. The van der Waals surface area contributed by atoms with Gasteiger partial charge in [0.05, 0.1) is 41.6 Å². The van der Waals surface area contributed by atoms with Crippen molar-refractivity contribution < 1.29 is 28.3 Å². The maximum Gasteiger partial charge on any atom is 0.291 e. The van der Waals surface area contributed by atoms with Crippen LogP contribution in [0.4, 0.5) is 10.7 Å². The minimum absolute atomic E-state index is 0.172.